The van der Waals surface area contributed by atoms with Gasteiger partial charge in [-0.1, -0.05) is 18.2 Å². The van der Waals surface area contributed by atoms with Crippen molar-refractivity contribution in [3.05, 3.63) is 63.5 Å². The smallest absolute Gasteiger partial charge is 0.212 e. The first-order valence-corrected chi connectivity index (χ1v) is 6.99. The summed E-state index contributed by atoms with van der Waals surface area (Å²) in [5, 5.41) is 2.99. The third-order valence-electron chi connectivity index (χ3n) is 3.15. The fraction of sp³-hybridized carbons (Fsp3) is 0.125. The third kappa shape index (κ3) is 2.17. The van der Waals surface area contributed by atoms with E-state index in [-0.39, 0.29) is 5.78 Å². The molecule has 0 N–H and O–H groups in total. The normalized spacial score (nSPS) is 10.8. The molecule has 0 fully saturated rings. The number of hydrogen-bond acceptors (Lipinski definition) is 3. The number of para-hydroxylation sites is 1. The van der Waals surface area contributed by atoms with Crippen molar-refractivity contribution in [3.63, 3.8) is 0 Å². The highest BCUT2D eigenvalue weighted by molar-refractivity contribution is 7.10. The van der Waals surface area contributed by atoms with Crippen molar-refractivity contribution < 1.29 is 4.79 Å². The number of carbonyl (C=O) groups excluding carboxylic acids is 1. The molecular weight excluding hydrogens is 254 g/mol. The van der Waals surface area contributed by atoms with Crippen LogP contribution in [0.2, 0.25) is 0 Å². The number of hydrogen-bond donors (Lipinski definition) is 0. The maximum absolute atomic E-state index is 12.4. The lowest BCUT2D eigenvalue weighted by molar-refractivity contribution is 0.103. The molecule has 0 bridgehead atoms. The van der Waals surface area contributed by atoms with Crippen LogP contribution in [0.15, 0.2) is 41.8 Å². The fourth-order valence-electron chi connectivity index (χ4n) is 2.18. The Kier molecular flexibility index (Phi) is 2.91. The molecule has 3 rings (SSSR count). The van der Waals surface area contributed by atoms with Crippen LogP contribution in [-0.4, -0.2) is 10.8 Å². The SMILES string of the molecule is Cc1cc(C(=O)c2cc(C)c3ccccc3n2)cs1. The van der Waals surface area contributed by atoms with Gasteiger partial charge in [-0.25, -0.2) is 4.98 Å². The van der Waals surface area contributed by atoms with Gasteiger partial charge in [-0.2, -0.15) is 0 Å². The second kappa shape index (κ2) is 4.59. The summed E-state index contributed by atoms with van der Waals surface area (Å²) < 4.78 is 0. The molecule has 3 heteroatoms. The second-order valence-electron chi connectivity index (χ2n) is 4.62. The van der Waals surface area contributed by atoms with Crippen molar-refractivity contribution in [1.82, 2.24) is 4.98 Å². The van der Waals surface area contributed by atoms with Gasteiger partial charge in [-0.05, 0) is 37.6 Å². The molecule has 94 valence electrons. The van der Waals surface area contributed by atoms with Crippen LogP contribution < -0.4 is 0 Å². The maximum Gasteiger partial charge on any atom is 0.212 e. The summed E-state index contributed by atoms with van der Waals surface area (Å²) >= 11 is 1.59. The molecule has 0 radical (unpaired) electrons. The molecule has 3 aromatic rings. The minimum atomic E-state index is -0.00166. The molecular formula is C16H13NOS. The van der Waals surface area contributed by atoms with Crippen LogP contribution in [0, 0.1) is 13.8 Å². The topological polar surface area (TPSA) is 30.0 Å². The van der Waals surface area contributed by atoms with Crippen molar-refractivity contribution in [2.24, 2.45) is 0 Å². The number of ketones is 1. The van der Waals surface area contributed by atoms with Crippen molar-refractivity contribution in [3.8, 4) is 0 Å². The highest BCUT2D eigenvalue weighted by Gasteiger charge is 2.13. The van der Waals surface area contributed by atoms with Crippen molar-refractivity contribution in [2.45, 2.75) is 13.8 Å². The number of carbonyl (C=O) groups is 1. The number of rotatable bonds is 2. The number of fused-ring (bicyclic) bond motifs is 1. The highest BCUT2D eigenvalue weighted by Crippen LogP contribution is 2.21. The summed E-state index contributed by atoms with van der Waals surface area (Å²) in [5.41, 5.74) is 3.21. The quantitative estimate of drug-likeness (QED) is 0.653. The van der Waals surface area contributed by atoms with Gasteiger partial charge < -0.3 is 0 Å². The lowest BCUT2D eigenvalue weighted by atomic mass is 10.1. The van der Waals surface area contributed by atoms with Crippen LogP contribution in [0.1, 0.15) is 26.5 Å². The Morgan fingerprint density at radius 1 is 1.16 bits per heavy atom. The number of aryl methyl sites for hydroxylation is 2. The van der Waals surface area contributed by atoms with Crippen molar-refractivity contribution in [1.29, 1.82) is 0 Å². The Labute approximate surface area is 115 Å². The summed E-state index contributed by atoms with van der Waals surface area (Å²) in [5.74, 6) is -0.00166. The largest absolute Gasteiger partial charge is 0.287 e. The van der Waals surface area contributed by atoms with E-state index >= 15 is 0 Å². The molecule has 0 saturated heterocycles. The van der Waals surface area contributed by atoms with Gasteiger partial charge in [0, 0.05) is 21.2 Å². The van der Waals surface area contributed by atoms with Crippen LogP contribution in [0.5, 0.6) is 0 Å². The zero-order chi connectivity index (χ0) is 13.4. The Morgan fingerprint density at radius 3 is 2.68 bits per heavy atom. The molecule has 0 amide bonds. The van der Waals surface area contributed by atoms with Gasteiger partial charge in [0.25, 0.3) is 0 Å². The van der Waals surface area contributed by atoms with E-state index in [4.69, 9.17) is 0 Å². The standard InChI is InChI=1S/C16H13NOS/c1-10-7-15(16(18)12-8-11(2)19-9-12)17-14-6-4-3-5-13(10)14/h3-9H,1-2H3. The van der Waals surface area contributed by atoms with E-state index in [0.29, 0.717) is 5.69 Å². The van der Waals surface area contributed by atoms with Gasteiger partial charge in [0.05, 0.1) is 5.52 Å². The molecule has 0 aliphatic carbocycles. The zero-order valence-electron chi connectivity index (χ0n) is 10.8. The molecule has 0 aliphatic heterocycles. The molecule has 0 spiro atoms. The number of benzene rings is 1. The molecule has 0 unspecified atom stereocenters. The van der Waals surface area contributed by atoms with Gasteiger partial charge >= 0.3 is 0 Å². The Hall–Kier alpha value is -2.00. The molecule has 2 heterocycles. The molecule has 19 heavy (non-hydrogen) atoms. The molecule has 0 aliphatic rings. The lowest BCUT2D eigenvalue weighted by Gasteiger charge is -2.04. The van der Waals surface area contributed by atoms with Gasteiger partial charge in [0.1, 0.15) is 5.69 Å². The van der Waals surface area contributed by atoms with E-state index in [1.54, 1.807) is 11.3 Å². The van der Waals surface area contributed by atoms with Crippen LogP contribution in [0.25, 0.3) is 10.9 Å². The van der Waals surface area contributed by atoms with Gasteiger partial charge in [0.15, 0.2) is 0 Å². The van der Waals surface area contributed by atoms with E-state index in [1.165, 1.54) is 0 Å². The van der Waals surface area contributed by atoms with Crippen LogP contribution in [-0.2, 0) is 0 Å². The van der Waals surface area contributed by atoms with Crippen molar-refractivity contribution in [2.75, 3.05) is 0 Å². The summed E-state index contributed by atoms with van der Waals surface area (Å²) in [6.45, 7) is 4.01. The second-order valence-corrected chi connectivity index (χ2v) is 5.73. The number of pyridine rings is 1. The monoisotopic (exact) mass is 267 g/mol. The molecule has 1 aromatic carbocycles. The van der Waals surface area contributed by atoms with E-state index in [0.717, 1.165) is 26.9 Å². The number of nitrogens with zero attached hydrogens (tertiary/aromatic N) is 1. The van der Waals surface area contributed by atoms with E-state index < -0.39 is 0 Å². The predicted molar refractivity (Wildman–Crippen MR) is 79.0 cm³/mol. The Morgan fingerprint density at radius 2 is 1.95 bits per heavy atom. The average molecular weight is 267 g/mol. The zero-order valence-corrected chi connectivity index (χ0v) is 11.6. The Balaban J connectivity index is 2.13. The molecule has 2 aromatic heterocycles. The van der Waals surface area contributed by atoms with Gasteiger partial charge in [-0.3, -0.25) is 4.79 Å². The first-order valence-electron chi connectivity index (χ1n) is 6.11. The molecule has 0 saturated carbocycles. The highest BCUT2D eigenvalue weighted by atomic mass is 32.1. The minimum absolute atomic E-state index is 0.00166. The maximum atomic E-state index is 12.4. The average Bonchev–Trinajstić information content (AvgIpc) is 2.84. The summed E-state index contributed by atoms with van der Waals surface area (Å²) in [6.07, 6.45) is 0. The number of aromatic nitrogens is 1. The first kappa shape index (κ1) is 12.1. The molecule has 0 atom stereocenters. The number of thiophene rings is 1. The first-order chi connectivity index (χ1) is 9.15. The van der Waals surface area contributed by atoms with Gasteiger partial charge in [-0.15, -0.1) is 11.3 Å². The lowest BCUT2D eigenvalue weighted by Crippen LogP contribution is -2.03. The van der Waals surface area contributed by atoms with Gasteiger partial charge in [0.2, 0.25) is 5.78 Å². The minimum Gasteiger partial charge on any atom is -0.287 e. The Bertz CT molecular complexity index is 773. The molecule has 2 nitrogen and oxygen atoms in total. The third-order valence-corrected chi connectivity index (χ3v) is 4.01. The van der Waals surface area contributed by atoms with Crippen LogP contribution in [0.4, 0.5) is 0 Å². The predicted octanol–water partition coefficient (Wildman–Crippen LogP) is 4.14. The van der Waals surface area contributed by atoms with Crippen LogP contribution >= 0.6 is 11.3 Å². The van der Waals surface area contributed by atoms with Crippen molar-refractivity contribution >= 4 is 28.0 Å². The summed E-state index contributed by atoms with van der Waals surface area (Å²) in [4.78, 5) is 18.0. The van der Waals surface area contributed by atoms with Crippen LogP contribution in [0.3, 0.4) is 0 Å². The van der Waals surface area contributed by atoms with E-state index in [2.05, 4.69) is 4.98 Å². The van der Waals surface area contributed by atoms with E-state index in [9.17, 15) is 4.79 Å². The summed E-state index contributed by atoms with van der Waals surface area (Å²) in [7, 11) is 0. The fourth-order valence-corrected chi connectivity index (χ4v) is 2.86. The van der Waals surface area contributed by atoms with E-state index in [1.807, 2.05) is 55.6 Å². The summed E-state index contributed by atoms with van der Waals surface area (Å²) in [6, 6.07) is 11.7.